The van der Waals surface area contributed by atoms with Gasteiger partial charge in [0.05, 0.1) is 5.69 Å². The number of anilines is 1. The number of carboxylic acid groups (broad SMARTS) is 1. The lowest BCUT2D eigenvalue weighted by atomic mass is 10.3. The van der Waals surface area contributed by atoms with Gasteiger partial charge in [-0.05, 0) is 31.0 Å². The van der Waals surface area contributed by atoms with Crippen LogP contribution in [0, 0.1) is 5.82 Å². The van der Waals surface area contributed by atoms with Crippen molar-refractivity contribution in [2.45, 2.75) is 18.9 Å². The van der Waals surface area contributed by atoms with Gasteiger partial charge in [-0.2, -0.15) is 0 Å². The van der Waals surface area contributed by atoms with Crippen LogP contribution >= 0.6 is 11.6 Å². The first-order valence-corrected chi connectivity index (χ1v) is 6.09. The molecule has 1 fully saturated rings. The molecule has 1 aromatic rings. The molecule has 0 aromatic heterocycles. The van der Waals surface area contributed by atoms with E-state index in [0.717, 1.165) is 18.9 Å². The summed E-state index contributed by atoms with van der Waals surface area (Å²) in [5.74, 6) is -1.76. The Labute approximate surface area is 114 Å². The molecular formula is C12H12ClFN2O3. The van der Waals surface area contributed by atoms with Crippen molar-refractivity contribution >= 4 is 29.3 Å². The number of nitrogens with one attached hydrogen (secondary N) is 1. The van der Waals surface area contributed by atoms with Crippen LogP contribution in [0.5, 0.6) is 0 Å². The SMILES string of the molecule is O=C(O)CN(C(=O)Nc1ccc(Cl)cc1F)C1CC1. The van der Waals surface area contributed by atoms with Crippen LogP contribution in [0.1, 0.15) is 12.8 Å². The Kier molecular flexibility index (Phi) is 3.90. The van der Waals surface area contributed by atoms with E-state index in [2.05, 4.69) is 5.32 Å². The number of carbonyl (C=O) groups is 2. The zero-order chi connectivity index (χ0) is 14.0. The molecule has 19 heavy (non-hydrogen) atoms. The zero-order valence-corrected chi connectivity index (χ0v) is 10.7. The molecule has 7 heteroatoms. The number of urea groups is 1. The van der Waals surface area contributed by atoms with Crippen LogP contribution < -0.4 is 5.32 Å². The lowest BCUT2D eigenvalue weighted by Gasteiger charge is -2.20. The van der Waals surface area contributed by atoms with Gasteiger partial charge in [-0.15, -0.1) is 0 Å². The van der Waals surface area contributed by atoms with E-state index in [-0.39, 0.29) is 16.8 Å². The van der Waals surface area contributed by atoms with Gasteiger partial charge in [-0.3, -0.25) is 4.79 Å². The van der Waals surface area contributed by atoms with Gasteiger partial charge in [0, 0.05) is 11.1 Å². The average molecular weight is 287 g/mol. The summed E-state index contributed by atoms with van der Waals surface area (Å²) >= 11 is 5.60. The molecule has 2 amide bonds. The Balaban J connectivity index is 2.07. The second-order valence-electron chi connectivity index (χ2n) is 4.31. The first kappa shape index (κ1) is 13.6. The molecule has 0 heterocycles. The number of hydrogen-bond donors (Lipinski definition) is 2. The van der Waals surface area contributed by atoms with Crippen molar-refractivity contribution in [3.63, 3.8) is 0 Å². The lowest BCUT2D eigenvalue weighted by molar-refractivity contribution is -0.137. The summed E-state index contributed by atoms with van der Waals surface area (Å²) in [6.45, 7) is -0.397. The summed E-state index contributed by atoms with van der Waals surface area (Å²) in [4.78, 5) is 23.8. The highest BCUT2D eigenvalue weighted by Gasteiger charge is 2.34. The second kappa shape index (κ2) is 5.44. The maximum absolute atomic E-state index is 13.5. The van der Waals surface area contributed by atoms with E-state index < -0.39 is 24.4 Å². The third kappa shape index (κ3) is 3.57. The fourth-order valence-electron chi connectivity index (χ4n) is 1.68. The molecule has 0 aliphatic heterocycles. The molecule has 2 rings (SSSR count). The van der Waals surface area contributed by atoms with E-state index in [9.17, 15) is 14.0 Å². The molecule has 1 aliphatic rings. The summed E-state index contributed by atoms with van der Waals surface area (Å²) in [5, 5.41) is 11.3. The predicted molar refractivity (Wildman–Crippen MR) is 67.8 cm³/mol. The van der Waals surface area contributed by atoms with Crippen molar-refractivity contribution in [1.82, 2.24) is 4.90 Å². The van der Waals surface area contributed by atoms with Crippen LogP contribution in [0.25, 0.3) is 0 Å². The minimum absolute atomic E-state index is 0.0227. The number of rotatable bonds is 4. The number of hydrogen-bond acceptors (Lipinski definition) is 2. The Hall–Kier alpha value is -1.82. The molecule has 2 N–H and O–H groups in total. The summed E-state index contributed by atoms with van der Waals surface area (Å²) in [6, 6.07) is 3.16. The third-order valence-corrected chi connectivity index (χ3v) is 2.96. The van der Waals surface area contributed by atoms with Gasteiger partial charge in [0.2, 0.25) is 0 Å². The van der Waals surface area contributed by atoms with Gasteiger partial charge in [-0.1, -0.05) is 11.6 Å². The van der Waals surface area contributed by atoms with Gasteiger partial charge in [-0.25, -0.2) is 9.18 Å². The smallest absolute Gasteiger partial charge is 0.323 e. The predicted octanol–water partition coefficient (Wildman–Crippen LogP) is 2.56. The number of amides is 2. The number of aliphatic carboxylic acids is 1. The maximum Gasteiger partial charge on any atom is 0.323 e. The number of nitrogens with zero attached hydrogens (tertiary/aromatic N) is 1. The van der Waals surface area contributed by atoms with Gasteiger partial charge in [0.15, 0.2) is 0 Å². The van der Waals surface area contributed by atoms with E-state index >= 15 is 0 Å². The molecule has 0 bridgehead atoms. The Morgan fingerprint density at radius 1 is 1.47 bits per heavy atom. The Bertz CT molecular complexity index is 520. The highest BCUT2D eigenvalue weighted by molar-refractivity contribution is 6.30. The van der Waals surface area contributed by atoms with Crippen LogP contribution in [0.15, 0.2) is 18.2 Å². The van der Waals surface area contributed by atoms with Crippen LogP contribution in [-0.4, -0.2) is 34.6 Å². The maximum atomic E-state index is 13.5. The molecule has 0 atom stereocenters. The summed E-state index contributed by atoms with van der Waals surface area (Å²) in [5.41, 5.74) is -0.0227. The summed E-state index contributed by atoms with van der Waals surface area (Å²) in [7, 11) is 0. The van der Waals surface area contributed by atoms with Crippen LogP contribution in [0.3, 0.4) is 0 Å². The minimum Gasteiger partial charge on any atom is -0.480 e. The Morgan fingerprint density at radius 3 is 2.68 bits per heavy atom. The number of carbonyl (C=O) groups excluding carboxylic acids is 1. The molecule has 1 aromatic carbocycles. The number of halogens is 2. The van der Waals surface area contributed by atoms with Crippen molar-refractivity contribution in [3.8, 4) is 0 Å². The quantitative estimate of drug-likeness (QED) is 0.894. The van der Waals surface area contributed by atoms with Crippen LogP contribution in [-0.2, 0) is 4.79 Å². The molecule has 0 radical (unpaired) electrons. The minimum atomic E-state index is -1.10. The van der Waals surface area contributed by atoms with Gasteiger partial charge >= 0.3 is 12.0 Å². The standard InChI is InChI=1S/C12H12ClFN2O3/c13-7-1-4-10(9(14)5-7)15-12(19)16(6-11(17)18)8-2-3-8/h1,4-5,8H,2-3,6H2,(H,15,19)(H,17,18). The first-order chi connectivity index (χ1) is 8.97. The van der Waals surface area contributed by atoms with E-state index in [1.165, 1.54) is 17.0 Å². The summed E-state index contributed by atoms with van der Waals surface area (Å²) in [6.07, 6.45) is 1.54. The van der Waals surface area contributed by atoms with Gasteiger partial charge in [0.1, 0.15) is 12.4 Å². The second-order valence-corrected chi connectivity index (χ2v) is 4.74. The number of benzene rings is 1. The van der Waals surface area contributed by atoms with Crippen LogP contribution in [0.4, 0.5) is 14.9 Å². The number of carboxylic acids is 1. The summed E-state index contributed by atoms with van der Waals surface area (Å²) < 4.78 is 13.5. The Morgan fingerprint density at radius 2 is 2.16 bits per heavy atom. The van der Waals surface area contributed by atoms with Gasteiger partial charge in [0.25, 0.3) is 0 Å². The van der Waals surface area contributed by atoms with E-state index in [1.807, 2.05) is 0 Å². The monoisotopic (exact) mass is 286 g/mol. The van der Waals surface area contributed by atoms with Crippen LogP contribution in [0.2, 0.25) is 5.02 Å². The topological polar surface area (TPSA) is 69.6 Å². The molecule has 102 valence electrons. The van der Waals surface area contributed by atoms with Crippen molar-refractivity contribution in [1.29, 1.82) is 0 Å². The lowest BCUT2D eigenvalue weighted by Crippen LogP contribution is -2.40. The van der Waals surface area contributed by atoms with E-state index in [0.29, 0.717) is 0 Å². The average Bonchev–Trinajstić information content (AvgIpc) is 3.13. The highest BCUT2D eigenvalue weighted by Crippen LogP contribution is 2.27. The van der Waals surface area contributed by atoms with Crippen molar-refractivity contribution in [2.75, 3.05) is 11.9 Å². The fourth-order valence-corrected chi connectivity index (χ4v) is 1.84. The largest absolute Gasteiger partial charge is 0.480 e. The van der Waals surface area contributed by atoms with E-state index in [1.54, 1.807) is 0 Å². The fraction of sp³-hybridized carbons (Fsp3) is 0.333. The molecule has 5 nitrogen and oxygen atoms in total. The zero-order valence-electron chi connectivity index (χ0n) is 9.90. The molecule has 0 saturated heterocycles. The van der Waals surface area contributed by atoms with Crippen molar-refractivity contribution < 1.29 is 19.1 Å². The molecule has 0 spiro atoms. The van der Waals surface area contributed by atoms with E-state index in [4.69, 9.17) is 16.7 Å². The molecule has 1 aliphatic carbocycles. The van der Waals surface area contributed by atoms with Crippen molar-refractivity contribution in [3.05, 3.63) is 29.0 Å². The third-order valence-electron chi connectivity index (χ3n) is 2.73. The highest BCUT2D eigenvalue weighted by atomic mass is 35.5. The van der Waals surface area contributed by atoms with Crippen molar-refractivity contribution in [2.24, 2.45) is 0 Å². The molecule has 0 unspecified atom stereocenters. The normalized spacial score (nSPS) is 14.0. The van der Waals surface area contributed by atoms with Gasteiger partial charge < -0.3 is 15.3 Å². The molecule has 1 saturated carbocycles. The molecular weight excluding hydrogens is 275 g/mol. The first-order valence-electron chi connectivity index (χ1n) is 5.72.